The maximum atomic E-state index is 14.3. The standard InChI is InChI=1S/C41H60N2O19P2/c1-4-5-36-59-32-25-30-29-7-6-27-24-28(44)10-12-39(27,2)37(29)31(45)26-40(30,3)41(32,60-36)38(49)61-64(52,53)62-63(50,51)58-16-13-42-33(46)11-15-54-18-20-56-22-23-57-21-19-55-17-14-43-34(47)8-9-35(43)48/h8-10,12,24,29-32,36-37,45H,4-7,11,13-23,25-26H2,1-3H3,(H,42,46)(H,50,51)(H,52,53)/t29-,30-,31-,32+,36?,37+,39-,40-,41-/m0/s1. The number of imide groups is 1. The summed E-state index contributed by atoms with van der Waals surface area (Å²) in [6.07, 6.45) is 7.19. The van der Waals surface area contributed by atoms with Gasteiger partial charge in [-0.15, -0.1) is 0 Å². The van der Waals surface area contributed by atoms with Crippen molar-refractivity contribution in [2.24, 2.45) is 28.6 Å². The number of phosphoric ester groups is 2. The second-order valence-electron chi connectivity index (χ2n) is 17.1. The molecule has 0 aromatic heterocycles. The zero-order valence-electron chi connectivity index (χ0n) is 36.3. The van der Waals surface area contributed by atoms with Gasteiger partial charge in [-0.25, -0.2) is 13.9 Å². The summed E-state index contributed by atoms with van der Waals surface area (Å²) < 4.78 is 74.5. The highest BCUT2D eigenvalue weighted by molar-refractivity contribution is 7.61. The molecule has 3 amide bonds. The molecule has 4 aliphatic carbocycles. The lowest BCUT2D eigenvalue weighted by Crippen LogP contribution is -2.63. The topological polar surface area (TPSA) is 279 Å². The van der Waals surface area contributed by atoms with Gasteiger partial charge in [0.1, 0.15) is 6.10 Å². The number of nitrogens with zero attached hydrogens (tertiary/aromatic N) is 1. The molecule has 0 aromatic carbocycles. The summed E-state index contributed by atoms with van der Waals surface area (Å²) in [5.74, 6) is -3.36. The maximum Gasteiger partial charge on any atom is 0.538 e. The SMILES string of the molecule is CCCC1O[C@@H]2C[C@H]3[C@@H]4CCC5=CC(=O)C=C[C@]5(C)[C@H]4[C@@H](O)C[C@]3(C)[C@]2(C(=O)OP(=O)(O)OP(=O)(O)OCCNC(=O)CCOCCOCCOCCOCCN2C(=O)C=CC2=O)O1. The van der Waals surface area contributed by atoms with Crippen LogP contribution in [-0.2, 0) is 74.9 Å². The van der Waals surface area contributed by atoms with Crippen LogP contribution in [0.25, 0.3) is 0 Å². The molecule has 23 heteroatoms. The maximum absolute atomic E-state index is 14.3. The smallest absolute Gasteiger partial charge is 0.393 e. The quantitative estimate of drug-likeness (QED) is 0.0581. The van der Waals surface area contributed by atoms with E-state index < -0.39 is 69.1 Å². The fourth-order valence-electron chi connectivity index (χ4n) is 10.4. The number of allylic oxidation sites excluding steroid dienone is 4. The van der Waals surface area contributed by atoms with Crippen molar-refractivity contribution in [2.75, 3.05) is 72.6 Å². The highest BCUT2D eigenvalue weighted by Gasteiger charge is 2.77. The van der Waals surface area contributed by atoms with E-state index in [1.807, 2.05) is 19.9 Å². The monoisotopic (exact) mass is 946 g/mol. The van der Waals surface area contributed by atoms with Crippen LogP contribution in [0.1, 0.15) is 65.7 Å². The number of aliphatic hydroxyl groups excluding tert-OH is 1. The number of fused-ring (bicyclic) bond motifs is 7. The number of hydrogen-bond acceptors (Lipinski definition) is 17. The van der Waals surface area contributed by atoms with Gasteiger partial charge in [-0.05, 0) is 56.1 Å². The van der Waals surface area contributed by atoms with Gasteiger partial charge in [0.05, 0.1) is 72.1 Å². The first-order chi connectivity index (χ1) is 30.4. The Balaban J connectivity index is 0.884. The minimum atomic E-state index is -5.66. The molecule has 21 nitrogen and oxygen atoms in total. The van der Waals surface area contributed by atoms with Crippen molar-refractivity contribution in [3.63, 3.8) is 0 Å². The summed E-state index contributed by atoms with van der Waals surface area (Å²) in [5.41, 5.74) is -2.80. The van der Waals surface area contributed by atoms with Crippen molar-refractivity contribution in [3.8, 4) is 0 Å². The van der Waals surface area contributed by atoms with Crippen molar-refractivity contribution in [3.05, 3.63) is 36.0 Å². The third-order valence-corrected chi connectivity index (χ3v) is 15.7. The first-order valence-electron chi connectivity index (χ1n) is 21.7. The molecule has 0 radical (unpaired) electrons. The van der Waals surface area contributed by atoms with Gasteiger partial charge in [0.2, 0.25) is 5.91 Å². The average molecular weight is 947 g/mol. The molecular formula is C41H60N2O19P2. The lowest BCUT2D eigenvalue weighted by Gasteiger charge is -2.59. The molecule has 0 bridgehead atoms. The minimum absolute atomic E-state index is 0.0356. The van der Waals surface area contributed by atoms with Gasteiger partial charge in [0, 0.05) is 41.9 Å². The third kappa shape index (κ3) is 11.2. The average Bonchev–Trinajstić information content (AvgIpc) is 3.83. The fourth-order valence-corrected chi connectivity index (χ4v) is 12.4. The van der Waals surface area contributed by atoms with E-state index in [0.29, 0.717) is 45.3 Å². The van der Waals surface area contributed by atoms with E-state index in [-0.39, 0.29) is 101 Å². The first kappa shape index (κ1) is 50.4. The Morgan fingerprint density at radius 1 is 0.906 bits per heavy atom. The van der Waals surface area contributed by atoms with E-state index in [0.717, 1.165) is 10.5 Å². The zero-order chi connectivity index (χ0) is 46.3. The molecule has 2 aliphatic heterocycles. The molecule has 1 saturated heterocycles. The molecular weight excluding hydrogens is 886 g/mol. The summed E-state index contributed by atoms with van der Waals surface area (Å²) in [6, 6.07) is 0. The van der Waals surface area contributed by atoms with Gasteiger partial charge in [-0.1, -0.05) is 38.8 Å². The van der Waals surface area contributed by atoms with Gasteiger partial charge in [-0.3, -0.25) is 33.5 Å². The van der Waals surface area contributed by atoms with E-state index in [9.17, 15) is 48.0 Å². The summed E-state index contributed by atoms with van der Waals surface area (Å²) in [7, 11) is -11.0. The van der Waals surface area contributed by atoms with Crippen LogP contribution in [0, 0.1) is 28.6 Å². The molecule has 0 aromatic rings. The highest BCUT2D eigenvalue weighted by Crippen LogP contribution is 2.71. The van der Waals surface area contributed by atoms with Crippen LogP contribution in [0.3, 0.4) is 0 Å². The van der Waals surface area contributed by atoms with Crippen molar-refractivity contribution in [1.82, 2.24) is 10.2 Å². The molecule has 358 valence electrons. The van der Waals surface area contributed by atoms with Gasteiger partial charge in [0.15, 0.2) is 17.7 Å². The van der Waals surface area contributed by atoms with Crippen LogP contribution in [0.4, 0.5) is 0 Å². The van der Waals surface area contributed by atoms with Gasteiger partial charge in [0.25, 0.3) is 11.8 Å². The predicted molar refractivity (Wildman–Crippen MR) is 220 cm³/mol. The Kier molecular flexibility index (Phi) is 16.8. The summed E-state index contributed by atoms with van der Waals surface area (Å²) in [5, 5.41) is 14.3. The predicted octanol–water partition coefficient (Wildman–Crippen LogP) is 2.43. The van der Waals surface area contributed by atoms with Crippen molar-refractivity contribution in [2.45, 2.75) is 89.8 Å². The number of ketones is 1. The fraction of sp³-hybridized carbons (Fsp3) is 0.732. The Morgan fingerprint density at radius 2 is 1.55 bits per heavy atom. The van der Waals surface area contributed by atoms with Crippen molar-refractivity contribution >= 4 is 45.1 Å². The number of ether oxygens (including phenoxy) is 6. The Morgan fingerprint density at radius 3 is 2.20 bits per heavy atom. The largest absolute Gasteiger partial charge is 0.538 e. The molecule has 6 rings (SSSR count). The zero-order valence-corrected chi connectivity index (χ0v) is 38.1. The number of phosphoric acid groups is 2. The Hall–Kier alpha value is -3.01. The number of aliphatic hydroxyl groups is 1. The number of rotatable bonds is 25. The highest BCUT2D eigenvalue weighted by atomic mass is 31.3. The number of carbonyl (C=O) groups is 5. The van der Waals surface area contributed by atoms with E-state index in [1.165, 1.54) is 18.2 Å². The number of amides is 3. The molecule has 11 atom stereocenters. The van der Waals surface area contributed by atoms with E-state index >= 15 is 0 Å². The lowest BCUT2D eigenvalue weighted by molar-refractivity contribution is -0.209. The Bertz CT molecular complexity index is 1930. The van der Waals surface area contributed by atoms with Crippen LogP contribution < -0.4 is 5.32 Å². The summed E-state index contributed by atoms with van der Waals surface area (Å²) in [4.78, 5) is 83.8. The van der Waals surface area contributed by atoms with E-state index in [4.69, 9.17) is 37.5 Å². The lowest BCUT2D eigenvalue weighted by atomic mass is 9.46. The molecule has 4 N–H and O–H groups in total. The molecule has 3 saturated carbocycles. The van der Waals surface area contributed by atoms with Gasteiger partial charge >= 0.3 is 21.6 Å². The van der Waals surface area contributed by atoms with Crippen molar-refractivity contribution < 1.29 is 89.8 Å². The van der Waals surface area contributed by atoms with E-state index in [1.54, 1.807) is 13.0 Å². The van der Waals surface area contributed by atoms with Crippen LogP contribution in [0.5, 0.6) is 0 Å². The molecule has 2 heterocycles. The Labute approximate surface area is 371 Å². The third-order valence-electron chi connectivity index (χ3n) is 13.1. The van der Waals surface area contributed by atoms with Gasteiger partial charge < -0.3 is 48.3 Å². The second-order valence-corrected chi connectivity index (χ2v) is 20.1. The molecule has 3 unspecified atom stereocenters. The molecule has 64 heavy (non-hydrogen) atoms. The normalized spacial score (nSPS) is 33.5. The number of nitrogens with one attached hydrogen (secondary N) is 1. The number of hydrogen-bond donors (Lipinski definition) is 4. The minimum Gasteiger partial charge on any atom is -0.393 e. The molecule has 4 fully saturated rings. The van der Waals surface area contributed by atoms with Crippen LogP contribution in [0.15, 0.2) is 36.0 Å². The summed E-state index contributed by atoms with van der Waals surface area (Å²) >= 11 is 0. The van der Waals surface area contributed by atoms with Crippen LogP contribution in [-0.4, -0.2) is 146 Å². The number of carbonyl (C=O) groups excluding carboxylic acids is 5. The summed E-state index contributed by atoms with van der Waals surface area (Å²) in [6.45, 7) is 6.79. The first-order valence-corrected chi connectivity index (χ1v) is 24.7. The van der Waals surface area contributed by atoms with Crippen LogP contribution >= 0.6 is 15.6 Å². The van der Waals surface area contributed by atoms with Crippen molar-refractivity contribution in [1.29, 1.82) is 0 Å². The molecule has 0 spiro atoms. The van der Waals surface area contributed by atoms with Crippen LogP contribution in [0.2, 0.25) is 0 Å². The second kappa shape index (κ2) is 21.3. The van der Waals surface area contributed by atoms with Gasteiger partial charge in [-0.2, -0.15) is 4.31 Å². The molecule has 6 aliphatic rings. The van der Waals surface area contributed by atoms with E-state index in [2.05, 4.69) is 9.63 Å².